The van der Waals surface area contributed by atoms with Crippen LogP contribution in [0.15, 0.2) is 53.4 Å². The maximum Gasteiger partial charge on any atom is 0.0664 e. The highest BCUT2D eigenvalue weighted by molar-refractivity contribution is 7.98. The molecule has 1 aromatic heterocycles. The smallest absolute Gasteiger partial charge is 0.0664 e. The first-order valence-corrected chi connectivity index (χ1v) is 7.83. The molecule has 0 saturated carbocycles. The van der Waals surface area contributed by atoms with E-state index in [9.17, 15) is 0 Å². The van der Waals surface area contributed by atoms with Crippen LogP contribution in [-0.4, -0.2) is 10.6 Å². The van der Waals surface area contributed by atoms with Crippen molar-refractivity contribution in [1.82, 2.24) is 4.37 Å². The van der Waals surface area contributed by atoms with E-state index in [4.69, 9.17) is 0 Å². The first-order chi connectivity index (χ1) is 8.86. The van der Waals surface area contributed by atoms with E-state index in [0.717, 1.165) is 6.42 Å². The molecule has 3 aromatic rings. The lowest BCUT2D eigenvalue weighted by Crippen LogP contribution is -1.88. The van der Waals surface area contributed by atoms with Gasteiger partial charge < -0.3 is 0 Å². The predicted molar refractivity (Wildman–Crippen MR) is 80.6 cm³/mol. The minimum absolute atomic E-state index is 0.915. The van der Waals surface area contributed by atoms with Crippen LogP contribution < -0.4 is 0 Å². The summed E-state index contributed by atoms with van der Waals surface area (Å²) >= 11 is 3.36. The van der Waals surface area contributed by atoms with E-state index < -0.39 is 0 Å². The molecule has 0 atom stereocenters. The molecule has 1 heterocycles. The number of nitrogens with zero attached hydrogens (tertiary/aromatic N) is 1. The summed E-state index contributed by atoms with van der Waals surface area (Å²) in [4.78, 5) is 1.31. The van der Waals surface area contributed by atoms with E-state index in [-0.39, 0.29) is 0 Å². The Labute approximate surface area is 115 Å². The molecular formula is C15H13NS2. The lowest BCUT2D eigenvalue weighted by molar-refractivity contribution is 1.14. The van der Waals surface area contributed by atoms with Crippen LogP contribution in [0.1, 0.15) is 11.3 Å². The van der Waals surface area contributed by atoms with Gasteiger partial charge in [0.2, 0.25) is 0 Å². The van der Waals surface area contributed by atoms with Gasteiger partial charge in [-0.15, -0.1) is 11.8 Å². The van der Waals surface area contributed by atoms with Gasteiger partial charge in [0.15, 0.2) is 0 Å². The summed E-state index contributed by atoms with van der Waals surface area (Å²) in [5.74, 6) is 0. The second-order valence-corrected chi connectivity index (χ2v) is 5.83. The van der Waals surface area contributed by atoms with Crippen molar-refractivity contribution in [3.63, 3.8) is 0 Å². The van der Waals surface area contributed by atoms with Crippen molar-refractivity contribution in [3.8, 4) is 0 Å². The summed E-state index contributed by atoms with van der Waals surface area (Å²) in [7, 11) is 0. The monoisotopic (exact) mass is 271 g/mol. The Balaban J connectivity index is 1.91. The van der Waals surface area contributed by atoms with Crippen LogP contribution in [0.2, 0.25) is 0 Å². The molecule has 0 bridgehead atoms. The van der Waals surface area contributed by atoms with E-state index in [2.05, 4.69) is 59.2 Å². The van der Waals surface area contributed by atoms with Crippen molar-refractivity contribution in [3.05, 3.63) is 59.8 Å². The van der Waals surface area contributed by atoms with Gasteiger partial charge in [-0.1, -0.05) is 30.3 Å². The molecule has 3 rings (SSSR count). The van der Waals surface area contributed by atoms with Crippen LogP contribution in [0.3, 0.4) is 0 Å². The van der Waals surface area contributed by atoms with Gasteiger partial charge in [0.25, 0.3) is 0 Å². The molecular weight excluding hydrogens is 258 g/mol. The van der Waals surface area contributed by atoms with Gasteiger partial charge in [-0.2, -0.15) is 4.37 Å². The lowest BCUT2D eigenvalue weighted by atomic mass is 10.1. The predicted octanol–water partition coefficient (Wildman–Crippen LogP) is 4.61. The second kappa shape index (κ2) is 5.12. The van der Waals surface area contributed by atoms with Gasteiger partial charge in [-0.25, -0.2) is 0 Å². The molecule has 0 radical (unpaired) electrons. The average Bonchev–Trinajstić information content (AvgIpc) is 2.83. The number of hydrogen-bond acceptors (Lipinski definition) is 3. The van der Waals surface area contributed by atoms with Crippen molar-refractivity contribution in [2.75, 3.05) is 6.26 Å². The molecule has 0 unspecified atom stereocenters. The Morgan fingerprint density at radius 1 is 1.06 bits per heavy atom. The summed E-state index contributed by atoms with van der Waals surface area (Å²) in [5, 5.41) is 1.29. The fraction of sp³-hybridized carbons (Fsp3) is 0.133. The highest BCUT2D eigenvalue weighted by Gasteiger charge is 2.06. The van der Waals surface area contributed by atoms with Gasteiger partial charge in [0.05, 0.1) is 10.4 Å². The molecule has 2 aromatic carbocycles. The first-order valence-electron chi connectivity index (χ1n) is 5.83. The summed E-state index contributed by atoms with van der Waals surface area (Å²) in [6.07, 6.45) is 3.02. The Hall–Kier alpha value is -1.32. The van der Waals surface area contributed by atoms with Crippen molar-refractivity contribution >= 4 is 33.4 Å². The quantitative estimate of drug-likeness (QED) is 0.645. The Kier molecular flexibility index (Phi) is 3.35. The van der Waals surface area contributed by atoms with Crippen molar-refractivity contribution in [2.45, 2.75) is 11.3 Å². The molecule has 0 saturated heterocycles. The van der Waals surface area contributed by atoms with E-state index in [1.807, 2.05) is 0 Å². The minimum atomic E-state index is 0.915. The van der Waals surface area contributed by atoms with Gasteiger partial charge in [0, 0.05) is 16.7 Å². The molecule has 0 spiro atoms. The maximum absolute atomic E-state index is 4.57. The largest absolute Gasteiger partial charge is 0.196 e. The lowest BCUT2D eigenvalue weighted by Gasteiger charge is -2.01. The molecule has 0 amide bonds. The molecule has 0 aliphatic carbocycles. The van der Waals surface area contributed by atoms with Crippen LogP contribution >= 0.6 is 23.3 Å². The van der Waals surface area contributed by atoms with Gasteiger partial charge >= 0.3 is 0 Å². The molecule has 0 N–H and O–H groups in total. The molecule has 3 heteroatoms. The van der Waals surface area contributed by atoms with Gasteiger partial charge in [-0.05, 0) is 41.6 Å². The van der Waals surface area contributed by atoms with Crippen LogP contribution in [0.25, 0.3) is 10.1 Å². The Morgan fingerprint density at radius 2 is 1.83 bits per heavy atom. The van der Waals surface area contributed by atoms with E-state index in [1.165, 1.54) is 26.2 Å². The fourth-order valence-electron chi connectivity index (χ4n) is 2.00. The summed E-state index contributed by atoms with van der Waals surface area (Å²) in [5.41, 5.74) is 2.51. The van der Waals surface area contributed by atoms with E-state index in [0.29, 0.717) is 0 Å². The molecule has 0 aliphatic heterocycles. The first kappa shape index (κ1) is 11.8. The van der Waals surface area contributed by atoms with Gasteiger partial charge in [0.1, 0.15) is 0 Å². The molecule has 0 aliphatic rings. The zero-order valence-electron chi connectivity index (χ0n) is 10.1. The maximum atomic E-state index is 4.57. The minimum Gasteiger partial charge on any atom is -0.196 e. The number of rotatable bonds is 3. The van der Waals surface area contributed by atoms with E-state index in [1.54, 1.807) is 23.3 Å². The molecule has 18 heavy (non-hydrogen) atoms. The third kappa shape index (κ3) is 2.28. The zero-order chi connectivity index (χ0) is 12.4. The summed E-state index contributed by atoms with van der Waals surface area (Å²) in [6.45, 7) is 0. The molecule has 1 nitrogen and oxygen atoms in total. The van der Waals surface area contributed by atoms with Crippen LogP contribution in [0.4, 0.5) is 0 Å². The molecule has 90 valence electrons. The SMILES string of the molecule is CSc1ccc(Cc2nsc3ccccc23)cc1. The highest BCUT2D eigenvalue weighted by Crippen LogP contribution is 2.25. The number of aromatic nitrogens is 1. The summed E-state index contributed by atoms with van der Waals surface area (Å²) in [6, 6.07) is 17.2. The van der Waals surface area contributed by atoms with Crippen LogP contribution in [-0.2, 0) is 6.42 Å². The normalized spacial score (nSPS) is 10.9. The fourth-order valence-corrected chi connectivity index (χ4v) is 3.21. The van der Waals surface area contributed by atoms with Crippen molar-refractivity contribution < 1.29 is 0 Å². The van der Waals surface area contributed by atoms with Gasteiger partial charge in [-0.3, -0.25) is 0 Å². The third-order valence-corrected chi connectivity index (χ3v) is 4.59. The highest BCUT2D eigenvalue weighted by atomic mass is 32.2. The Morgan fingerprint density at radius 3 is 2.61 bits per heavy atom. The topological polar surface area (TPSA) is 12.9 Å². The second-order valence-electron chi connectivity index (χ2n) is 4.15. The van der Waals surface area contributed by atoms with Crippen molar-refractivity contribution in [2.24, 2.45) is 0 Å². The van der Waals surface area contributed by atoms with Crippen LogP contribution in [0.5, 0.6) is 0 Å². The Bertz CT molecular complexity index is 656. The van der Waals surface area contributed by atoms with Crippen molar-refractivity contribution in [1.29, 1.82) is 0 Å². The zero-order valence-corrected chi connectivity index (χ0v) is 11.7. The van der Waals surface area contributed by atoms with E-state index >= 15 is 0 Å². The summed E-state index contributed by atoms with van der Waals surface area (Å²) < 4.78 is 5.84. The standard InChI is InChI=1S/C15H13NS2/c1-17-12-8-6-11(7-9-12)10-14-13-4-2-3-5-15(13)18-16-14/h2-9H,10H2,1H3. The number of benzene rings is 2. The number of hydrogen-bond donors (Lipinski definition) is 0. The average molecular weight is 271 g/mol. The molecule has 0 fully saturated rings. The van der Waals surface area contributed by atoms with Crippen LogP contribution in [0, 0.1) is 0 Å². The number of fused-ring (bicyclic) bond motifs is 1. The third-order valence-electron chi connectivity index (χ3n) is 2.98. The number of thioether (sulfide) groups is 1.